The Hall–Kier alpha value is -3.52. The average Bonchev–Trinajstić information content (AvgIpc) is 3.28. The van der Waals surface area contributed by atoms with Crippen LogP contribution in [0.15, 0.2) is 53.3 Å². The molecule has 0 saturated heterocycles. The van der Waals surface area contributed by atoms with Crippen LogP contribution in [0.4, 0.5) is 0 Å². The Morgan fingerprint density at radius 1 is 1.03 bits per heavy atom. The number of likely N-dealkylation sites (N-methyl/N-ethyl adjacent to an activating group) is 1. The standard InChI is InChI=1S/C26H32N6O2/c1-4-30(5-2)17-16-27-24(33)15-14-23-28-29-26-31(18-20-12-10-19(3)11-13-20)25(34)21-8-6-7-9-22(21)32(23)26/h6-13H,4-5,14-18H2,1-3H3,(H,27,33). The molecule has 0 saturated carbocycles. The Balaban J connectivity index is 1.60. The number of nitrogens with one attached hydrogen (secondary N) is 1. The number of aromatic nitrogens is 4. The van der Waals surface area contributed by atoms with Crippen LogP contribution in [0.25, 0.3) is 16.7 Å². The fraction of sp³-hybridized carbons (Fsp3) is 0.385. The molecule has 0 spiro atoms. The molecule has 0 aliphatic heterocycles. The lowest BCUT2D eigenvalue weighted by atomic mass is 10.1. The second-order valence-corrected chi connectivity index (χ2v) is 8.52. The average molecular weight is 461 g/mol. The van der Waals surface area contributed by atoms with E-state index in [1.165, 1.54) is 5.56 Å². The number of hydrogen-bond donors (Lipinski definition) is 1. The summed E-state index contributed by atoms with van der Waals surface area (Å²) in [7, 11) is 0. The molecule has 0 aliphatic carbocycles. The quantitative estimate of drug-likeness (QED) is 0.393. The van der Waals surface area contributed by atoms with Crippen LogP contribution >= 0.6 is 0 Å². The van der Waals surface area contributed by atoms with Crippen LogP contribution in [-0.2, 0) is 17.8 Å². The van der Waals surface area contributed by atoms with Gasteiger partial charge < -0.3 is 10.2 Å². The molecule has 34 heavy (non-hydrogen) atoms. The second kappa shape index (κ2) is 10.6. The fourth-order valence-corrected chi connectivity index (χ4v) is 4.20. The number of rotatable bonds is 10. The predicted octanol–water partition coefficient (Wildman–Crippen LogP) is 2.79. The highest BCUT2D eigenvalue weighted by molar-refractivity contribution is 5.80. The minimum Gasteiger partial charge on any atom is -0.355 e. The first-order valence-corrected chi connectivity index (χ1v) is 11.9. The largest absolute Gasteiger partial charge is 0.355 e. The summed E-state index contributed by atoms with van der Waals surface area (Å²) >= 11 is 0. The number of para-hydroxylation sites is 1. The number of nitrogens with zero attached hydrogens (tertiary/aromatic N) is 5. The van der Waals surface area contributed by atoms with Gasteiger partial charge >= 0.3 is 0 Å². The van der Waals surface area contributed by atoms with Gasteiger partial charge in [0.15, 0.2) is 0 Å². The van der Waals surface area contributed by atoms with Crippen molar-refractivity contribution in [2.75, 3.05) is 26.2 Å². The number of fused-ring (bicyclic) bond motifs is 3. The van der Waals surface area contributed by atoms with Crippen molar-refractivity contribution in [3.63, 3.8) is 0 Å². The summed E-state index contributed by atoms with van der Waals surface area (Å²) in [6.07, 6.45) is 0.745. The van der Waals surface area contributed by atoms with Gasteiger partial charge in [0.25, 0.3) is 5.56 Å². The molecule has 0 atom stereocenters. The van der Waals surface area contributed by atoms with E-state index in [9.17, 15) is 9.59 Å². The molecular weight excluding hydrogens is 428 g/mol. The van der Waals surface area contributed by atoms with Gasteiger partial charge in [-0.15, -0.1) is 10.2 Å². The number of amides is 1. The third-order valence-corrected chi connectivity index (χ3v) is 6.26. The Bertz CT molecular complexity index is 1340. The molecule has 2 aromatic heterocycles. The van der Waals surface area contributed by atoms with Crippen LogP contribution in [-0.4, -0.2) is 56.2 Å². The van der Waals surface area contributed by atoms with E-state index in [1.807, 2.05) is 59.9 Å². The third kappa shape index (κ3) is 5.02. The van der Waals surface area contributed by atoms with Gasteiger partial charge in [-0.3, -0.25) is 18.6 Å². The summed E-state index contributed by atoms with van der Waals surface area (Å²) in [6, 6.07) is 15.6. The van der Waals surface area contributed by atoms with Crippen LogP contribution in [0.1, 0.15) is 37.2 Å². The van der Waals surface area contributed by atoms with Gasteiger partial charge in [-0.1, -0.05) is 55.8 Å². The van der Waals surface area contributed by atoms with E-state index in [0.717, 1.165) is 30.7 Å². The van der Waals surface area contributed by atoms with Crippen molar-refractivity contribution >= 4 is 22.6 Å². The van der Waals surface area contributed by atoms with E-state index in [2.05, 4.69) is 34.3 Å². The summed E-state index contributed by atoms with van der Waals surface area (Å²) in [5.41, 5.74) is 2.84. The van der Waals surface area contributed by atoms with Crippen molar-refractivity contribution in [3.05, 3.63) is 75.8 Å². The molecule has 0 radical (unpaired) electrons. The van der Waals surface area contributed by atoms with Crippen molar-refractivity contribution < 1.29 is 4.79 Å². The zero-order valence-electron chi connectivity index (χ0n) is 20.1. The van der Waals surface area contributed by atoms with Crippen LogP contribution in [0.3, 0.4) is 0 Å². The highest BCUT2D eigenvalue weighted by Crippen LogP contribution is 2.17. The maximum Gasteiger partial charge on any atom is 0.263 e. The maximum absolute atomic E-state index is 13.3. The summed E-state index contributed by atoms with van der Waals surface area (Å²) < 4.78 is 3.57. The maximum atomic E-state index is 13.3. The summed E-state index contributed by atoms with van der Waals surface area (Å²) in [5.74, 6) is 1.14. The molecule has 4 aromatic rings. The molecule has 4 rings (SSSR count). The van der Waals surface area contributed by atoms with Gasteiger partial charge in [-0.2, -0.15) is 0 Å². The number of aryl methyl sites for hydroxylation is 2. The van der Waals surface area contributed by atoms with Crippen molar-refractivity contribution in [3.8, 4) is 0 Å². The predicted molar refractivity (Wildman–Crippen MR) is 134 cm³/mol. The molecule has 1 N–H and O–H groups in total. The SMILES string of the molecule is CCN(CC)CCNC(=O)CCc1nnc2n(Cc3ccc(C)cc3)c(=O)c3ccccc3n12. The summed E-state index contributed by atoms with van der Waals surface area (Å²) in [4.78, 5) is 28.0. The molecule has 2 heterocycles. The molecule has 8 heteroatoms. The summed E-state index contributed by atoms with van der Waals surface area (Å²) in [6.45, 7) is 10.1. The van der Waals surface area contributed by atoms with E-state index in [4.69, 9.17) is 0 Å². The van der Waals surface area contributed by atoms with Crippen LogP contribution in [0, 0.1) is 6.92 Å². The lowest BCUT2D eigenvalue weighted by molar-refractivity contribution is -0.121. The van der Waals surface area contributed by atoms with Crippen LogP contribution in [0.2, 0.25) is 0 Å². The first kappa shape index (κ1) is 23.6. The topological polar surface area (TPSA) is 84.5 Å². The Morgan fingerprint density at radius 2 is 1.76 bits per heavy atom. The number of carbonyl (C=O) groups is 1. The molecule has 8 nitrogen and oxygen atoms in total. The Morgan fingerprint density at radius 3 is 2.50 bits per heavy atom. The first-order chi connectivity index (χ1) is 16.5. The van der Waals surface area contributed by atoms with Gasteiger partial charge in [0.05, 0.1) is 17.4 Å². The normalized spacial score (nSPS) is 11.5. The van der Waals surface area contributed by atoms with Crippen molar-refractivity contribution in [2.24, 2.45) is 0 Å². The van der Waals surface area contributed by atoms with E-state index >= 15 is 0 Å². The summed E-state index contributed by atoms with van der Waals surface area (Å²) in [5, 5.41) is 12.3. The second-order valence-electron chi connectivity index (χ2n) is 8.52. The Labute approximate surface area is 199 Å². The van der Waals surface area contributed by atoms with Gasteiger partial charge in [0.2, 0.25) is 11.7 Å². The van der Waals surface area contributed by atoms with Crippen LogP contribution in [0.5, 0.6) is 0 Å². The third-order valence-electron chi connectivity index (χ3n) is 6.26. The molecular formula is C26H32N6O2. The van der Waals surface area contributed by atoms with Gasteiger partial charge in [0, 0.05) is 25.9 Å². The highest BCUT2D eigenvalue weighted by Gasteiger charge is 2.17. The number of carbonyl (C=O) groups excluding carboxylic acids is 1. The van der Waals surface area contributed by atoms with E-state index in [0.29, 0.717) is 42.9 Å². The van der Waals surface area contributed by atoms with Gasteiger partial charge in [0.1, 0.15) is 5.82 Å². The number of benzene rings is 2. The van der Waals surface area contributed by atoms with Crippen LogP contribution < -0.4 is 10.9 Å². The highest BCUT2D eigenvalue weighted by atomic mass is 16.1. The molecule has 1 amide bonds. The van der Waals surface area contributed by atoms with Crippen molar-refractivity contribution in [2.45, 2.75) is 40.2 Å². The fourth-order valence-electron chi connectivity index (χ4n) is 4.20. The number of hydrogen-bond acceptors (Lipinski definition) is 5. The molecule has 0 aliphatic rings. The first-order valence-electron chi connectivity index (χ1n) is 11.9. The van der Waals surface area contributed by atoms with E-state index in [-0.39, 0.29) is 11.5 Å². The van der Waals surface area contributed by atoms with E-state index in [1.54, 1.807) is 4.57 Å². The van der Waals surface area contributed by atoms with Crippen molar-refractivity contribution in [1.82, 2.24) is 29.4 Å². The molecule has 178 valence electrons. The minimum atomic E-state index is -0.100. The molecule has 0 fully saturated rings. The monoisotopic (exact) mass is 460 g/mol. The smallest absolute Gasteiger partial charge is 0.263 e. The molecule has 2 aromatic carbocycles. The van der Waals surface area contributed by atoms with Gasteiger partial charge in [-0.25, -0.2) is 0 Å². The lowest BCUT2D eigenvalue weighted by Gasteiger charge is -2.17. The zero-order valence-corrected chi connectivity index (χ0v) is 20.1. The Kier molecular flexibility index (Phi) is 7.37. The minimum absolute atomic E-state index is 0.0128. The van der Waals surface area contributed by atoms with Crippen molar-refractivity contribution in [1.29, 1.82) is 0 Å². The van der Waals surface area contributed by atoms with E-state index < -0.39 is 0 Å². The lowest BCUT2D eigenvalue weighted by Crippen LogP contribution is -2.34. The van der Waals surface area contributed by atoms with Gasteiger partial charge in [-0.05, 0) is 37.7 Å². The molecule has 0 bridgehead atoms. The molecule has 0 unspecified atom stereocenters. The zero-order chi connectivity index (χ0) is 24.1.